The molecule has 2 rings (SSSR count). The first-order chi connectivity index (χ1) is 8.56. The molecule has 0 spiro atoms. The summed E-state index contributed by atoms with van der Waals surface area (Å²) in [6.07, 6.45) is 1.26. The van der Waals surface area contributed by atoms with Gasteiger partial charge in [-0.2, -0.15) is 0 Å². The van der Waals surface area contributed by atoms with E-state index in [1.807, 2.05) is 0 Å². The Hall–Kier alpha value is -2.51. The van der Waals surface area contributed by atoms with Crippen LogP contribution in [0.15, 0.2) is 24.5 Å². The molecule has 6 nitrogen and oxygen atoms in total. The lowest BCUT2D eigenvalue weighted by molar-refractivity contribution is -0.116. The molecule has 1 amide bonds. The third kappa shape index (κ3) is 2.59. The van der Waals surface area contributed by atoms with Crippen molar-refractivity contribution in [2.45, 2.75) is 6.54 Å². The minimum Gasteiger partial charge on any atom is -0.367 e. The molecule has 0 saturated carbocycles. The number of nitrogen functional groups attached to an aromatic ring is 1. The lowest BCUT2D eigenvalue weighted by atomic mass is 10.3. The Morgan fingerprint density at radius 2 is 2.22 bits per heavy atom. The van der Waals surface area contributed by atoms with Crippen LogP contribution in [0.5, 0.6) is 0 Å². The molecule has 0 radical (unpaired) electrons. The number of hydrogen-bond acceptors (Lipinski definition) is 4. The summed E-state index contributed by atoms with van der Waals surface area (Å²) < 4.78 is 27.3. The molecule has 3 N–H and O–H groups in total. The maximum absolute atomic E-state index is 13.3. The number of carbonyl (C=O) groups is 1. The molecule has 18 heavy (non-hydrogen) atoms. The van der Waals surface area contributed by atoms with Gasteiger partial charge in [0.2, 0.25) is 11.9 Å². The minimum atomic E-state index is -1.11. The largest absolute Gasteiger partial charge is 0.367 e. The van der Waals surface area contributed by atoms with Gasteiger partial charge in [0.05, 0.1) is 5.69 Å². The van der Waals surface area contributed by atoms with E-state index >= 15 is 0 Å². The first-order valence-electron chi connectivity index (χ1n) is 4.95. The standard InChI is InChI=1S/C10H9F2N5O/c11-6-2-1-3-7(9(6)12)15-8(18)4-17-5-14-10(13)16-17/h1-3,5H,4H2,(H2,13,16)(H,15,18). The molecule has 1 aromatic carbocycles. The zero-order valence-electron chi connectivity index (χ0n) is 9.10. The van der Waals surface area contributed by atoms with Crippen molar-refractivity contribution in [3.63, 3.8) is 0 Å². The first kappa shape index (κ1) is 12.0. The molecule has 0 aliphatic rings. The molecule has 0 aliphatic heterocycles. The van der Waals surface area contributed by atoms with E-state index in [1.54, 1.807) is 0 Å². The fourth-order valence-corrected chi connectivity index (χ4v) is 1.32. The molecular formula is C10H9F2N5O. The number of nitrogens with one attached hydrogen (secondary N) is 1. The van der Waals surface area contributed by atoms with Gasteiger partial charge in [-0.1, -0.05) is 6.07 Å². The minimum absolute atomic E-state index is 0.0275. The lowest BCUT2D eigenvalue weighted by Gasteiger charge is -2.06. The van der Waals surface area contributed by atoms with Gasteiger partial charge in [0.1, 0.15) is 12.9 Å². The molecule has 94 valence electrons. The van der Waals surface area contributed by atoms with Crippen molar-refractivity contribution >= 4 is 17.5 Å². The van der Waals surface area contributed by atoms with Crippen LogP contribution in [0.4, 0.5) is 20.4 Å². The number of benzene rings is 1. The Bertz CT molecular complexity index is 583. The predicted molar refractivity (Wildman–Crippen MR) is 59.4 cm³/mol. The predicted octanol–water partition coefficient (Wildman–Crippen LogP) is 0.777. The summed E-state index contributed by atoms with van der Waals surface area (Å²) in [5.41, 5.74) is 5.04. The highest BCUT2D eigenvalue weighted by Gasteiger charge is 2.11. The van der Waals surface area contributed by atoms with Gasteiger partial charge in [-0.25, -0.2) is 18.4 Å². The van der Waals surface area contributed by atoms with Gasteiger partial charge in [-0.15, -0.1) is 5.10 Å². The molecule has 2 aromatic rings. The smallest absolute Gasteiger partial charge is 0.246 e. The second-order valence-electron chi connectivity index (χ2n) is 3.45. The molecule has 0 saturated heterocycles. The molecule has 1 heterocycles. The summed E-state index contributed by atoms with van der Waals surface area (Å²) in [6.45, 7) is -0.194. The molecule has 0 atom stereocenters. The second-order valence-corrected chi connectivity index (χ2v) is 3.45. The van der Waals surface area contributed by atoms with E-state index in [-0.39, 0.29) is 18.2 Å². The van der Waals surface area contributed by atoms with E-state index in [0.717, 1.165) is 6.07 Å². The van der Waals surface area contributed by atoms with Crippen molar-refractivity contribution in [1.29, 1.82) is 0 Å². The van der Waals surface area contributed by atoms with Crippen LogP contribution in [-0.2, 0) is 11.3 Å². The first-order valence-corrected chi connectivity index (χ1v) is 4.95. The average molecular weight is 253 g/mol. The van der Waals surface area contributed by atoms with E-state index in [0.29, 0.717) is 0 Å². The van der Waals surface area contributed by atoms with Crippen molar-refractivity contribution in [3.8, 4) is 0 Å². The maximum atomic E-state index is 13.3. The number of anilines is 2. The molecule has 0 fully saturated rings. The Morgan fingerprint density at radius 3 is 2.89 bits per heavy atom. The van der Waals surface area contributed by atoms with Gasteiger partial charge in [-0.05, 0) is 12.1 Å². The molecule has 1 aromatic heterocycles. The number of nitrogens with two attached hydrogens (primary N) is 1. The number of nitrogens with zero attached hydrogens (tertiary/aromatic N) is 3. The highest BCUT2D eigenvalue weighted by Crippen LogP contribution is 2.16. The third-order valence-corrected chi connectivity index (χ3v) is 2.09. The zero-order chi connectivity index (χ0) is 13.1. The highest BCUT2D eigenvalue weighted by molar-refractivity contribution is 5.90. The summed E-state index contributed by atoms with van der Waals surface area (Å²) in [5, 5.41) is 5.91. The Morgan fingerprint density at radius 1 is 1.44 bits per heavy atom. The highest BCUT2D eigenvalue weighted by atomic mass is 19.2. The van der Waals surface area contributed by atoms with Crippen molar-refractivity contribution in [2.75, 3.05) is 11.1 Å². The van der Waals surface area contributed by atoms with Gasteiger partial charge in [0, 0.05) is 0 Å². The molecule has 0 aliphatic carbocycles. The Balaban J connectivity index is 2.05. The molecule has 0 bridgehead atoms. The van der Waals surface area contributed by atoms with E-state index < -0.39 is 17.5 Å². The van der Waals surface area contributed by atoms with Crippen LogP contribution in [0.3, 0.4) is 0 Å². The number of amides is 1. The number of carbonyl (C=O) groups excluding carboxylic acids is 1. The van der Waals surface area contributed by atoms with Crippen molar-refractivity contribution in [3.05, 3.63) is 36.2 Å². The van der Waals surface area contributed by atoms with Gasteiger partial charge in [-0.3, -0.25) is 4.79 Å². The summed E-state index contributed by atoms with van der Waals surface area (Å²) in [6, 6.07) is 3.51. The Labute approximate surface area is 100 Å². The SMILES string of the molecule is Nc1ncn(CC(=O)Nc2cccc(F)c2F)n1. The van der Waals surface area contributed by atoms with Crippen LogP contribution in [0.2, 0.25) is 0 Å². The zero-order valence-corrected chi connectivity index (χ0v) is 9.10. The fraction of sp³-hybridized carbons (Fsp3) is 0.100. The third-order valence-electron chi connectivity index (χ3n) is 2.09. The summed E-state index contributed by atoms with van der Waals surface area (Å²) in [4.78, 5) is 15.1. The number of halogens is 2. The van der Waals surface area contributed by atoms with Crippen molar-refractivity contribution in [1.82, 2.24) is 14.8 Å². The number of aromatic nitrogens is 3. The van der Waals surface area contributed by atoms with Gasteiger partial charge >= 0.3 is 0 Å². The number of rotatable bonds is 3. The van der Waals surface area contributed by atoms with Crippen LogP contribution < -0.4 is 11.1 Å². The van der Waals surface area contributed by atoms with E-state index in [2.05, 4.69) is 15.4 Å². The summed E-state index contributed by atoms with van der Waals surface area (Å²) in [7, 11) is 0. The summed E-state index contributed by atoms with van der Waals surface area (Å²) >= 11 is 0. The topological polar surface area (TPSA) is 85.8 Å². The normalized spacial score (nSPS) is 10.3. The van der Waals surface area contributed by atoms with Crippen LogP contribution in [0.25, 0.3) is 0 Å². The maximum Gasteiger partial charge on any atom is 0.246 e. The quantitative estimate of drug-likeness (QED) is 0.846. The Kier molecular flexibility index (Phi) is 3.18. The van der Waals surface area contributed by atoms with Crippen molar-refractivity contribution < 1.29 is 13.6 Å². The van der Waals surface area contributed by atoms with Gasteiger partial charge in [0.15, 0.2) is 11.6 Å². The summed E-state index contributed by atoms with van der Waals surface area (Å²) in [5.74, 6) is -2.68. The van der Waals surface area contributed by atoms with Crippen LogP contribution in [0, 0.1) is 11.6 Å². The van der Waals surface area contributed by atoms with E-state index in [4.69, 9.17) is 5.73 Å². The van der Waals surface area contributed by atoms with Crippen LogP contribution in [0.1, 0.15) is 0 Å². The molecule has 8 heteroatoms. The molecule has 0 unspecified atom stereocenters. The average Bonchev–Trinajstić information content (AvgIpc) is 2.70. The fourth-order valence-electron chi connectivity index (χ4n) is 1.32. The van der Waals surface area contributed by atoms with Gasteiger partial charge in [0.25, 0.3) is 0 Å². The lowest BCUT2D eigenvalue weighted by Crippen LogP contribution is -2.20. The molecular weight excluding hydrogens is 244 g/mol. The number of hydrogen-bond donors (Lipinski definition) is 2. The monoisotopic (exact) mass is 253 g/mol. The van der Waals surface area contributed by atoms with Crippen molar-refractivity contribution in [2.24, 2.45) is 0 Å². The van der Waals surface area contributed by atoms with E-state index in [1.165, 1.54) is 23.1 Å². The van der Waals surface area contributed by atoms with Gasteiger partial charge < -0.3 is 11.1 Å². The van der Waals surface area contributed by atoms with E-state index in [9.17, 15) is 13.6 Å². The second kappa shape index (κ2) is 4.78. The van der Waals surface area contributed by atoms with Crippen LogP contribution in [-0.4, -0.2) is 20.7 Å². The van der Waals surface area contributed by atoms with Crippen LogP contribution >= 0.6 is 0 Å².